The van der Waals surface area contributed by atoms with Crippen LogP contribution in [0.5, 0.6) is 5.75 Å². The first-order valence-corrected chi connectivity index (χ1v) is 9.91. The van der Waals surface area contributed by atoms with Gasteiger partial charge in [0.2, 0.25) is 0 Å². The molecule has 2 rings (SSSR count). The minimum atomic E-state index is -0.568. The van der Waals surface area contributed by atoms with Crippen molar-refractivity contribution in [3.8, 4) is 5.75 Å². The molecule has 0 aliphatic heterocycles. The number of aryl methyl sites for hydroxylation is 1. The van der Waals surface area contributed by atoms with Crippen molar-refractivity contribution < 1.29 is 19.3 Å². The van der Waals surface area contributed by atoms with E-state index in [1.165, 1.54) is 5.56 Å². The van der Waals surface area contributed by atoms with Gasteiger partial charge < -0.3 is 24.6 Å². The summed E-state index contributed by atoms with van der Waals surface area (Å²) in [5, 5.41) is 13.6. The summed E-state index contributed by atoms with van der Waals surface area (Å²) in [6.45, 7) is 4.46. The molecule has 0 saturated carbocycles. The Morgan fingerprint density at radius 2 is 1.75 bits per heavy atom. The zero-order chi connectivity index (χ0) is 20.0. The molecular weight excluding hydrogens is 354 g/mol. The Bertz CT molecular complexity index is 650. The lowest BCUT2D eigenvalue weighted by atomic mass is 10.1. The molecule has 2 aromatic carbocycles. The number of aliphatic hydroxyl groups is 1. The van der Waals surface area contributed by atoms with Gasteiger partial charge in [-0.1, -0.05) is 48.5 Å². The standard InChI is InChI=1S/C23H33NO4/c1-19(12-13-20-8-4-3-5-9-20)24-16-22(25)18-28-23-11-7-6-10-21(23)17-27-15-14-26-2/h3-11,19,22,24-25H,12-18H2,1-2H3. The minimum absolute atomic E-state index is 0.244. The normalized spacial score (nSPS) is 13.2. The van der Waals surface area contributed by atoms with Gasteiger partial charge in [-0.25, -0.2) is 0 Å². The summed E-state index contributed by atoms with van der Waals surface area (Å²) in [6.07, 6.45) is 1.48. The van der Waals surface area contributed by atoms with Crippen molar-refractivity contribution in [2.24, 2.45) is 0 Å². The summed E-state index contributed by atoms with van der Waals surface area (Å²) in [5.74, 6) is 0.746. The zero-order valence-electron chi connectivity index (χ0n) is 17.0. The van der Waals surface area contributed by atoms with Crippen molar-refractivity contribution in [2.75, 3.05) is 33.5 Å². The van der Waals surface area contributed by atoms with Crippen LogP contribution in [-0.2, 0) is 22.5 Å². The molecule has 2 atom stereocenters. The molecule has 2 aromatic rings. The summed E-state index contributed by atoms with van der Waals surface area (Å²) >= 11 is 0. The zero-order valence-corrected chi connectivity index (χ0v) is 17.0. The van der Waals surface area contributed by atoms with Gasteiger partial charge in [0.15, 0.2) is 0 Å². The molecule has 0 spiro atoms. The Labute approximate surface area is 168 Å². The maximum absolute atomic E-state index is 10.2. The van der Waals surface area contributed by atoms with Crippen molar-refractivity contribution in [1.82, 2.24) is 5.32 Å². The lowest BCUT2D eigenvalue weighted by Gasteiger charge is -2.18. The molecule has 5 heteroatoms. The van der Waals surface area contributed by atoms with Gasteiger partial charge in [0.05, 0.1) is 19.8 Å². The third-order valence-electron chi connectivity index (χ3n) is 4.50. The Morgan fingerprint density at radius 3 is 2.54 bits per heavy atom. The summed E-state index contributed by atoms with van der Waals surface area (Å²) in [4.78, 5) is 0. The van der Waals surface area contributed by atoms with Gasteiger partial charge in [0.1, 0.15) is 18.5 Å². The maximum atomic E-state index is 10.2. The molecule has 5 nitrogen and oxygen atoms in total. The van der Waals surface area contributed by atoms with Crippen molar-refractivity contribution >= 4 is 0 Å². The van der Waals surface area contributed by atoms with E-state index in [4.69, 9.17) is 14.2 Å². The van der Waals surface area contributed by atoms with E-state index in [9.17, 15) is 5.11 Å². The van der Waals surface area contributed by atoms with Crippen LogP contribution in [0.15, 0.2) is 54.6 Å². The molecule has 0 fully saturated rings. The van der Waals surface area contributed by atoms with E-state index in [0.717, 1.165) is 24.2 Å². The van der Waals surface area contributed by atoms with Crippen LogP contribution in [-0.4, -0.2) is 50.7 Å². The number of para-hydroxylation sites is 1. The fraction of sp³-hybridized carbons (Fsp3) is 0.478. The fourth-order valence-electron chi connectivity index (χ4n) is 2.80. The van der Waals surface area contributed by atoms with E-state index >= 15 is 0 Å². The van der Waals surface area contributed by atoms with Gasteiger partial charge in [-0.3, -0.25) is 0 Å². The number of aliphatic hydroxyl groups excluding tert-OH is 1. The van der Waals surface area contributed by atoms with E-state index in [1.807, 2.05) is 30.3 Å². The SMILES string of the molecule is COCCOCc1ccccc1OCC(O)CNC(C)CCc1ccccc1. The molecule has 2 N–H and O–H groups in total. The molecule has 0 radical (unpaired) electrons. The largest absolute Gasteiger partial charge is 0.490 e. The number of hydrogen-bond donors (Lipinski definition) is 2. The first kappa shape index (κ1) is 22.4. The second kappa shape index (κ2) is 13.3. The number of rotatable bonds is 14. The van der Waals surface area contributed by atoms with Crippen LogP contribution in [0, 0.1) is 0 Å². The molecule has 154 valence electrons. The van der Waals surface area contributed by atoms with Crippen LogP contribution in [0.4, 0.5) is 0 Å². The van der Waals surface area contributed by atoms with Gasteiger partial charge in [-0.2, -0.15) is 0 Å². The van der Waals surface area contributed by atoms with E-state index < -0.39 is 6.10 Å². The summed E-state index contributed by atoms with van der Waals surface area (Å²) in [5.41, 5.74) is 2.30. The first-order valence-electron chi connectivity index (χ1n) is 9.91. The van der Waals surface area contributed by atoms with Crippen LogP contribution in [0.25, 0.3) is 0 Å². The molecule has 28 heavy (non-hydrogen) atoms. The molecule has 0 aliphatic carbocycles. The van der Waals surface area contributed by atoms with E-state index in [1.54, 1.807) is 7.11 Å². The van der Waals surface area contributed by atoms with Crippen LogP contribution in [0.3, 0.4) is 0 Å². The van der Waals surface area contributed by atoms with E-state index in [2.05, 4.69) is 36.5 Å². The molecular formula is C23H33NO4. The predicted molar refractivity (Wildman–Crippen MR) is 112 cm³/mol. The fourth-order valence-corrected chi connectivity index (χ4v) is 2.80. The smallest absolute Gasteiger partial charge is 0.124 e. The third-order valence-corrected chi connectivity index (χ3v) is 4.50. The van der Waals surface area contributed by atoms with Crippen molar-refractivity contribution in [2.45, 2.75) is 38.5 Å². The summed E-state index contributed by atoms with van der Waals surface area (Å²) in [7, 11) is 1.65. The third kappa shape index (κ3) is 8.85. The number of hydrogen-bond acceptors (Lipinski definition) is 5. The highest BCUT2D eigenvalue weighted by Crippen LogP contribution is 2.19. The maximum Gasteiger partial charge on any atom is 0.124 e. The van der Waals surface area contributed by atoms with Gasteiger partial charge in [0.25, 0.3) is 0 Å². The second-order valence-corrected chi connectivity index (χ2v) is 6.95. The van der Waals surface area contributed by atoms with Gasteiger partial charge >= 0.3 is 0 Å². The molecule has 0 aromatic heterocycles. The molecule has 0 bridgehead atoms. The Kier molecular flexibility index (Phi) is 10.6. The lowest BCUT2D eigenvalue weighted by molar-refractivity contribution is 0.0590. The number of methoxy groups -OCH3 is 1. The average molecular weight is 388 g/mol. The van der Waals surface area contributed by atoms with Gasteiger partial charge in [-0.15, -0.1) is 0 Å². The molecule has 0 amide bonds. The van der Waals surface area contributed by atoms with E-state index in [0.29, 0.717) is 32.4 Å². The first-order chi connectivity index (χ1) is 13.7. The molecule has 2 unspecified atom stereocenters. The quantitative estimate of drug-likeness (QED) is 0.488. The van der Waals surface area contributed by atoms with Crippen LogP contribution >= 0.6 is 0 Å². The number of nitrogens with one attached hydrogen (secondary N) is 1. The molecule has 0 aliphatic rings. The Hall–Kier alpha value is -1.92. The molecule has 0 saturated heterocycles. The van der Waals surface area contributed by atoms with Crippen LogP contribution in [0.2, 0.25) is 0 Å². The van der Waals surface area contributed by atoms with Crippen molar-refractivity contribution in [3.05, 3.63) is 65.7 Å². The summed E-state index contributed by atoms with van der Waals surface area (Å²) in [6, 6.07) is 18.5. The van der Waals surface area contributed by atoms with Crippen LogP contribution < -0.4 is 10.1 Å². The van der Waals surface area contributed by atoms with Crippen LogP contribution in [0.1, 0.15) is 24.5 Å². The van der Waals surface area contributed by atoms with E-state index in [-0.39, 0.29) is 6.61 Å². The van der Waals surface area contributed by atoms with Crippen molar-refractivity contribution in [3.63, 3.8) is 0 Å². The highest BCUT2D eigenvalue weighted by Gasteiger charge is 2.10. The lowest BCUT2D eigenvalue weighted by Crippen LogP contribution is -2.36. The highest BCUT2D eigenvalue weighted by molar-refractivity contribution is 5.32. The minimum Gasteiger partial charge on any atom is -0.490 e. The second-order valence-electron chi connectivity index (χ2n) is 6.95. The molecule has 0 heterocycles. The highest BCUT2D eigenvalue weighted by atomic mass is 16.5. The number of benzene rings is 2. The van der Waals surface area contributed by atoms with Gasteiger partial charge in [-0.05, 0) is 31.4 Å². The van der Waals surface area contributed by atoms with Gasteiger partial charge in [0, 0.05) is 25.3 Å². The Morgan fingerprint density at radius 1 is 1.00 bits per heavy atom. The number of ether oxygens (including phenoxy) is 3. The summed E-state index contributed by atoms with van der Waals surface area (Å²) < 4.78 is 16.4. The average Bonchev–Trinajstić information content (AvgIpc) is 2.73. The Balaban J connectivity index is 1.67. The predicted octanol–water partition coefficient (Wildman–Crippen LogP) is 3.20. The monoisotopic (exact) mass is 387 g/mol. The topological polar surface area (TPSA) is 60.0 Å². The van der Waals surface area contributed by atoms with Crippen molar-refractivity contribution in [1.29, 1.82) is 0 Å².